The van der Waals surface area contributed by atoms with Gasteiger partial charge in [0.15, 0.2) is 11.6 Å². The van der Waals surface area contributed by atoms with Crippen LogP contribution in [0.15, 0.2) is 158 Å². The third-order valence-electron chi connectivity index (χ3n) is 15.2. The Morgan fingerprint density at radius 2 is 1.07 bits per heavy atom. The average Bonchev–Trinajstić information content (AvgIpc) is 3.58. The summed E-state index contributed by atoms with van der Waals surface area (Å²) in [6.45, 7) is 2.50. The minimum Gasteiger partial charge on any atom is -0.457 e. The van der Waals surface area contributed by atoms with E-state index in [1.165, 1.54) is 76.3 Å². The van der Waals surface area contributed by atoms with Gasteiger partial charge < -0.3 is 4.74 Å². The fraction of sp³-hybridized carbons (Fsp3) is 0.218. The van der Waals surface area contributed by atoms with Crippen molar-refractivity contribution in [2.75, 3.05) is 0 Å². The van der Waals surface area contributed by atoms with Crippen molar-refractivity contribution in [3.8, 4) is 56.5 Å². The van der Waals surface area contributed by atoms with Crippen LogP contribution < -0.4 is 4.74 Å². The second-order valence-electron chi connectivity index (χ2n) is 18.2. The number of aromatic nitrogens is 3. The van der Waals surface area contributed by atoms with Gasteiger partial charge in [0, 0.05) is 27.7 Å². The molecule has 5 atom stereocenters. The van der Waals surface area contributed by atoms with E-state index in [1.807, 2.05) is 0 Å². The van der Waals surface area contributed by atoms with E-state index >= 15 is 0 Å². The SMILES string of the molecule is C[C@@H]1C2C[C@@H]3C[C@@H]1CC(c1nc(-c4cccc(-c5ccc6c(c5)Oc5ccccc5C65c6ccccc6-c6ccccc65)c4)nc(-c4ccc5ccccc5c4)n1)(C2)C3. The Labute approximate surface area is 345 Å². The van der Waals surface area contributed by atoms with Crippen LogP contribution in [0.4, 0.5) is 0 Å². The molecule has 59 heavy (non-hydrogen) atoms. The van der Waals surface area contributed by atoms with E-state index in [2.05, 4.69) is 165 Å². The Morgan fingerprint density at radius 1 is 0.475 bits per heavy atom. The van der Waals surface area contributed by atoms with Gasteiger partial charge in [-0.1, -0.05) is 140 Å². The van der Waals surface area contributed by atoms with Crippen molar-refractivity contribution >= 4 is 10.8 Å². The molecule has 7 aromatic carbocycles. The standard InChI is InChI=1S/C55H43N3O/c1-33-41-25-34-26-42(33)32-54(30-34,31-41)53-57-51(56-52(58-53)40-22-21-35-11-2-3-12-36(35)27-40)39-14-10-13-37(28-39)38-23-24-48-50(29-38)59-49-20-9-8-19-47(49)55(48)45-17-6-4-15-43(45)44-16-5-7-18-46(44)55/h2-24,27-29,33-34,41-42H,25-26,30-32H2,1H3/t33-,34-,41+,42?,54?/m0/s1. The zero-order chi connectivity index (χ0) is 38.9. The lowest BCUT2D eigenvalue weighted by Crippen LogP contribution is -2.53. The van der Waals surface area contributed by atoms with Crippen LogP contribution in [-0.4, -0.2) is 15.0 Å². The molecule has 1 aliphatic heterocycles. The lowest BCUT2D eigenvalue weighted by molar-refractivity contribution is -0.0522. The molecule has 0 saturated heterocycles. The molecule has 4 saturated carbocycles. The average molecular weight is 762 g/mol. The van der Waals surface area contributed by atoms with Crippen molar-refractivity contribution in [1.82, 2.24) is 15.0 Å². The summed E-state index contributed by atoms with van der Waals surface area (Å²) in [5.41, 5.74) is 11.3. The highest BCUT2D eigenvalue weighted by molar-refractivity contribution is 5.89. The molecule has 2 unspecified atom stereocenters. The molecule has 4 nitrogen and oxygen atoms in total. The molecule has 1 spiro atoms. The van der Waals surface area contributed by atoms with E-state index in [-0.39, 0.29) is 5.41 Å². The minimum absolute atomic E-state index is 0.0173. The fourth-order valence-electron chi connectivity index (χ4n) is 12.6. The number of hydrogen-bond donors (Lipinski definition) is 0. The third-order valence-corrected chi connectivity index (χ3v) is 15.2. The molecule has 14 rings (SSSR count). The first-order valence-corrected chi connectivity index (χ1v) is 21.5. The Bertz CT molecular complexity index is 2980. The Hall–Kier alpha value is -6.39. The van der Waals surface area contributed by atoms with E-state index in [0.29, 0.717) is 0 Å². The van der Waals surface area contributed by atoms with Gasteiger partial charge in [0.05, 0.1) is 5.41 Å². The van der Waals surface area contributed by atoms with Gasteiger partial charge >= 0.3 is 0 Å². The molecule has 2 heterocycles. The highest BCUT2D eigenvalue weighted by atomic mass is 16.5. The molecule has 1 aromatic heterocycles. The monoisotopic (exact) mass is 761 g/mol. The number of hydrogen-bond acceptors (Lipinski definition) is 4. The molecule has 4 bridgehead atoms. The van der Waals surface area contributed by atoms with Crippen LogP contribution in [-0.2, 0) is 10.8 Å². The normalized spacial score (nSPS) is 23.7. The molecule has 8 aromatic rings. The maximum Gasteiger partial charge on any atom is 0.163 e. The zero-order valence-electron chi connectivity index (χ0n) is 33.1. The Morgan fingerprint density at radius 3 is 1.83 bits per heavy atom. The van der Waals surface area contributed by atoms with Gasteiger partial charge in [-0.25, -0.2) is 15.0 Å². The summed E-state index contributed by atoms with van der Waals surface area (Å²) in [5, 5.41) is 2.42. The summed E-state index contributed by atoms with van der Waals surface area (Å²) in [6, 6.07) is 57.1. The van der Waals surface area contributed by atoms with E-state index in [9.17, 15) is 0 Å². The van der Waals surface area contributed by atoms with E-state index < -0.39 is 5.41 Å². The first-order valence-electron chi connectivity index (χ1n) is 21.5. The van der Waals surface area contributed by atoms with Crippen molar-refractivity contribution in [2.24, 2.45) is 23.7 Å². The molecular weight excluding hydrogens is 719 g/mol. The van der Waals surface area contributed by atoms with Crippen molar-refractivity contribution in [3.05, 3.63) is 186 Å². The Kier molecular flexibility index (Phi) is 7.01. The number of fused-ring (bicyclic) bond motifs is 10. The smallest absolute Gasteiger partial charge is 0.163 e. The number of rotatable bonds is 4. The van der Waals surface area contributed by atoms with Gasteiger partial charge in [0.25, 0.3) is 0 Å². The predicted octanol–water partition coefficient (Wildman–Crippen LogP) is 13.2. The van der Waals surface area contributed by atoms with Crippen LogP contribution in [0.2, 0.25) is 0 Å². The van der Waals surface area contributed by atoms with Crippen LogP contribution in [0.1, 0.15) is 67.1 Å². The summed E-state index contributed by atoms with van der Waals surface area (Å²) in [4.78, 5) is 16.2. The summed E-state index contributed by atoms with van der Waals surface area (Å²) in [5.74, 6) is 7.41. The topological polar surface area (TPSA) is 47.9 Å². The van der Waals surface area contributed by atoms with Crippen LogP contribution in [0.3, 0.4) is 0 Å². The summed E-state index contributed by atoms with van der Waals surface area (Å²) in [7, 11) is 0. The fourth-order valence-corrected chi connectivity index (χ4v) is 12.6. The van der Waals surface area contributed by atoms with Crippen molar-refractivity contribution in [2.45, 2.75) is 49.9 Å². The van der Waals surface area contributed by atoms with Gasteiger partial charge in [-0.05, 0) is 124 Å². The van der Waals surface area contributed by atoms with Crippen molar-refractivity contribution in [1.29, 1.82) is 0 Å². The largest absolute Gasteiger partial charge is 0.457 e. The highest BCUT2D eigenvalue weighted by Crippen LogP contribution is 2.64. The molecule has 284 valence electrons. The lowest BCUT2D eigenvalue weighted by atomic mass is 9.46. The number of ether oxygens (including phenoxy) is 1. The first-order chi connectivity index (χ1) is 29.0. The van der Waals surface area contributed by atoms with Crippen molar-refractivity contribution in [3.63, 3.8) is 0 Å². The quantitative estimate of drug-likeness (QED) is 0.179. The second kappa shape index (κ2) is 12.3. The van der Waals surface area contributed by atoms with Crippen LogP contribution in [0, 0.1) is 23.7 Å². The molecule has 4 fully saturated rings. The van der Waals surface area contributed by atoms with E-state index in [0.717, 1.165) is 74.9 Å². The highest BCUT2D eigenvalue weighted by Gasteiger charge is 2.56. The number of para-hydroxylation sites is 1. The molecule has 4 heteroatoms. The molecule has 0 N–H and O–H groups in total. The van der Waals surface area contributed by atoms with Gasteiger partial charge in [0.1, 0.15) is 17.3 Å². The van der Waals surface area contributed by atoms with Crippen LogP contribution in [0.5, 0.6) is 11.5 Å². The van der Waals surface area contributed by atoms with Gasteiger partial charge in [-0.2, -0.15) is 0 Å². The van der Waals surface area contributed by atoms with Gasteiger partial charge in [0.2, 0.25) is 0 Å². The molecule has 6 aliphatic rings. The summed E-state index contributed by atoms with van der Waals surface area (Å²) < 4.78 is 6.87. The Balaban J connectivity index is 0.951. The maximum atomic E-state index is 6.87. The molecule has 5 aliphatic carbocycles. The van der Waals surface area contributed by atoms with E-state index in [4.69, 9.17) is 19.7 Å². The molecule has 0 radical (unpaired) electrons. The van der Waals surface area contributed by atoms with E-state index in [1.54, 1.807) is 0 Å². The first kappa shape index (κ1) is 33.6. The van der Waals surface area contributed by atoms with Crippen LogP contribution in [0.25, 0.3) is 55.8 Å². The lowest BCUT2D eigenvalue weighted by Gasteiger charge is -2.59. The second-order valence-corrected chi connectivity index (χ2v) is 18.2. The summed E-state index contributed by atoms with van der Waals surface area (Å²) >= 11 is 0. The number of nitrogens with zero attached hydrogens (tertiary/aromatic N) is 3. The molecular formula is C55H43N3O. The predicted molar refractivity (Wildman–Crippen MR) is 235 cm³/mol. The number of benzene rings is 7. The van der Waals surface area contributed by atoms with Gasteiger partial charge in [-0.15, -0.1) is 0 Å². The third kappa shape index (κ3) is 4.80. The molecule has 0 amide bonds. The zero-order valence-corrected chi connectivity index (χ0v) is 33.1. The van der Waals surface area contributed by atoms with Crippen LogP contribution >= 0.6 is 0 Å². The van der Waals surface area contributed by atoms with Crippen molar-refractivity contribution < 1.29 is 4.74 Å². The maximum absolute atomic E-state index is 6.87. The van der Waals surface area contributed by atoms with Gasteiger partial charge in [-0.3, -0.25) is 0 Å². The summed E-state index contributed by atoms with van der Waals surface area (Å²) in [6.07, 6.45) is 6.31. The minimum atomic E-state index is -0.479.